The maximum absolute atomic E-state index is 11.0. The summed E-state index contributed by atoms with van der Waals surface area (Å²) < 4.78 is 4.80. The lowest BCUT2D eigenvalue weighted by atomic mass is 9.99. The molecule has 0 aliphatic carbocycles. The van der Waals surface area contributed by atoms with Gasteiger partial charge in [-0.25, -0.2) is 0 Å². The molecule has 0 saturated carbocycles. The van der Waals surface area contributed by atoms with E-state index in [4.69, 9.17) is 4.74 Å². The van der Waals surface area contributed by atoms with Crippen LogP contribution in [0.3, 0.4) is 0 Å². The highest BCUT2D eigenvalue weighted by Crippen LogP contribution is 2.24. The fourth-order valence-electron chi connectivity index (χ4n) is 1.22. The molecule has 1 N–H and O–H groups in total. The highest BCUT2D eigenvalue weighted by molar-refractivity contribution is 5.75. The zero-order valence-corrected chi connectivity index (χ0v) is 6.49. The minimum atomic E-state index is -0.666. The summed E-state index contributed by atoms with van der Waals surface area (Å²) >= 11 is 0. The second-order valence-electron chi connectivity index (χ2n) is 2.76. The Hall–Kier alpha value is -0.830. The quantitative estimate of drug-likeness (QED) is 0.467. The van der Waals surface area contributed by atoms with E-state index in [2.05, 4.69) is 6.58 Å². The number of carbonyl (C=O) groups excluding carboxylic acids is 1. The van der Waals surface area contributed by atoms with E-state index < -0.39 is 12.0 Å². The van der Waals surface area contributed by atoms with Gasteiger partial charge in [-0.15, -0.1) is 6.58 Å². The molecule has 0 unspecified atom stereocenters. The summed E-state index contributed by atoms with van der Waals surface area (Å²) in [6.45, 7) is 5.19. The third-order valence-corrected chi connectivity index (χ3v) is 1.92. The summed E-state index contributed by atoms with van der Waals surface area (Å²) in [5.74, 6) is -0.715. The van der Waals surface area contributed by atoms with Crippen molar-refractivity contribution in [1.82, 2.24) is 0 Å². The molecular weight excluding hydrogens is 144 g/mol. The number of aliphatic hydroxyl groups is 1. The number of rotatable bonds is 2. The second kappa shape index (κ2) is 3.05. The molecule has 3 atom stereocenters. The van der Waals surface area contributed by atoms with Crippen molar-refractivity contribution in [1.29, 1.82) is 0 Å². The Morgan fingerprint density at radius 3 is 2.82 bits per heavy atom. The van der Waals surface area contributed by atoms with Crippen molar-refractivity contribution >= 4 is 5.97 Å². The van der Waals surface area contributed by atoms with E-state index in [1.165, 1.54) is 0 Å². The number of cyclic esters (lactones) is 1. The van der Waals surface area contributed by atoms with Crippen molar-refractivity contribution in [3.05, 3.63) is 12.7 Å². The van der Waals surface area contributed by atoms with E-state index in [9.17, 15) is 9.90 Å². The third-order valence-electron chi connectivity index (χ3n) is 1.92. The Balaban J connectivity index is 2.63. The normalized spacial score (nSPS) is 36.9. The van der Waals surface area contributed by atoms with Crippen molar-refractivity contribution in [2.24, 2.45) is 5.92 Å². The lowest BCUT2D eigenvalue weighted by Crippen LogP contribution is -2.24. The summed E-state index contributed by atoms with van der Waals surface area (Å²) in [5.41, 5.74) is 0. The Bertz CT molecular complexity index is 176. The molecule has 1 fully saturated rings. The number of hydrogen-bond acceptors (Lipinski definition) is 3. The third kappa shape index (κ3) is 1.43. The number of carbonyl (C=O) groups is 1. The standard InChI is InChI=1S/C8H12O3/c1-3-4-6-7(9)5(2)11-8(6)10/h3,5-7,9H,1,4H2,2H3/t5-,6+,7+/m0/s1. The van der Waals surface area contributed by atoms with Gasteiger partial charge in [0.2, 0.25) is 0 Å². The van der Waals surface area contributed by atoms with E-state index in [1.54, 1.807) is 13.0 Å². The molecule has 0 radical (unpaired) electrons. The van der Waals surface area contributed by atoms with Crippen LogP contribution in [-0.2, 0) is 9.53 Å². The zero-order valence-electron chi connectivity index (χ0n) is 6.49. The number of esters is 1. The van der Waals surface area contributed by atoms with Crippen LogP contribution < -0.4 is 0 Å². The van der Waals surface area contributed by atoms with Crippen LogP contribution >= 0.6 is 0 Å². The van der Waals surface area contributed by atoms with E-state index >= 15 is 0 Å². The van der Waals surface area contributed by atoms with Gasteiger partial charge in [-0.05, 0) is 13.3 Å². The number of ether oxygens (including phenoxy) is 1. The predicted octanol–water partition coefficient (Wildman–Crippen LogP) is 0.485. The summed E-state index contributed by atoms with van der Waals surface area (Å²) in [6.07, 6.45) is 1.07. The van der Waals surface area contributed by atoms with Crippen LogP contribution in [0.15, 0.2) is 12.7 Å². The molecule has 11 heavy (non-hydrogen) atoms. The molecule has 1 aliphatic rings. The van der Waals surface area contributed by atoms with Crippen LogP contribution in [0, 0.1) is 5.92 Å². The number of aliphatic hydroxyl groups excluding tert-OH is 1. The van der Waals surface area contributed by atoms with Crippen molar-refractivity contribution in [2.75, 3.05) is 0 Å². The van der Waals surface area contributed by atoms with Gasteiger partial charge < -0.3 is 9.84 Å². The van der Waals surface area contributed by atoms with Crippen LogP contribution in [0.1, 0.15) is 13.3 Å². The maximum atomic E-state index is 11.0. The van der Waals surface area contributed by atoms with Crippen molar-refractivity contribution in [3.63, 3.8) is 0 Å². The molecular formula is C8H12O3. The molecule has 3 heteroatoms. The molecule has 0 aromatic carbocycles. The molecule has 0 aromatic heterocycles. The molecule has 1 heterocycles. The highest BCUT2D eigenvalue weighted by Gasteiger charge is 2.39. The lowest BCUT2D eigenvalue weighted by Gasteiger charge is -2.08. The van der Waals surface area contributed by atoms with Crippen molar-refractivity contribution in [3.8, 4) is 0 Å². The molecule has 1 saturated heterocycles. The van der Waals surface area contributed by atoms with E-state index in [-0.39, 0.29) is 12.1 Å². The Kier molecular flexibility index (Phi) is 2.29. The number of hydrogen-bond donors (Lipinski definition) is 1. The fraction of sp³-hybridized carbons (Fsp3) is 0.625. The summed E-state index contributed by atoms with van der Waals surface area (Å²) in [5, 5.41) is 9.37. The predicted molar refractivity (Wildman–Crippen MR) is 39.9 cm³/mol. The van der Waals surface area contributed by atoms with Gasteiger partial charge in [0.05, 0.1) is 5.92 Å². The first-order valence-electron chi connectivity index (χ1n) is 3.66. The number of allylic oxidation sites excluding steroid dienone is 1. The average Bonchev–Trinajstić information content (AvgIpc) is 2.17. The van der Waals surface area contributed by atoms with Gasteiger partial charge in [0, 0.05) is 0 Å². The first kappa shape index (κ1) is 8.27. The molecule has 1 rings (SSSR count). The lowest BCUT2D eigenvalue weighted by molar-refractivity contribution is -0.143. The molecule has 0 amide bonds. The van der Waals surface area contributed by atoms with Crippen molar-refractivity contribution in [2.45, 2.75) is 25.6 Å². The van der Waals surface area contributed by atoms with Gasteiger partial charge in [0.1, 0.15) is 12.2 Å². The van der Waals surface area contributed by atoms with Crippen molar-refractivity contribution < 1.29 is 14.6 Å². The Morgan fingerprint density at radius 2 is 2.45 bits per heavy atom. The molecule has 62 valence electrons. The first-order valence-corrected chi connectivity index (χ1v) is 3.66. The summed E-state index contributed by atoms with van der Waals surface area (Å²) in [6, 6.07) is 0. The smallest absolute Gasteiger partial charge is 0.312 e. The summed E-state index contributed by atoms with van der Waals surface area (Å²) in [7, 11) is 0. The maximum Gasteiger partial charge on any atom is 0.312 e. The monoisotopic (exact) mass is 156 g/mol. The fourth-order valence-corrected chi connectivity index (χ4v) is 1.22. The van der Waals surface area contributed by atoms with E-state index in [0.29, 0.717) is 6.42 Å². The van der Waals surface area contributed by atoms with Gasteiger partial charge in [-0.2, -0.15) is 0 Å². The van der Waals surface area contributed by atoms with Crippen LogP contribution in [0.25, 0.3) is 0 Å². The topological polar surface area (TPSA) is 46.5 Å². The zero-order chi connectivity index (χ0) is 8.43. The average molecular weight is 156 g/mol. The summed E-state index contributed by atoms with van der Waals surface area (Å²) in [4.78, 5) is 11.0. The van der Waals surface area contributed by atoms with Gasteiger partial charge in [0.15, 0.2) is 0 Å². The molecule has 3 nitrogen and oxygen atoms in total. The molecule has 0 aromatic rings. The molecule has 0 spiro atoms. The van der Waals surface area contributed by atoms with E-state index in [1.807, 2.05) is 0 Å². The molecule has 0 bridgehead atoms. The van der Waals surface area contributed by atoms with Gasteiger partial charge >= 0.3 is 5.97 Å². The largest absolute Gasteiger partial charge is 0.460 e. The SMILES string of the molecule is C=CC[C@H]1C(=O)O[C@@H](C)[C@H]1O. The Morgan fingerprint density at radius 1 is 1.82 bits per heavy atom. The van der Waals surface area contributed by atoms with Gasteiger partial charge in [-0.3, -0.25) is 4.79 Å². The second-order valence-corrected chi connectivity index (χ2v) is 2.76. The van der Waals surface area contributed by atoms with Gasteiger partial charge in [-0.1, -0.05) is 6.08 Å². The Labute approximate surface area is 65.7 Å². The first-order chi connectivity index (χ1) is 5.16. The van der Waals surface area contributed by atoms with Crippen LogP contribution in [0.5, 0.6) is 0 Å². The minimum absolute atomic E-state index is 0.315. The van der Waals surface area contributed by atoms with Crippen LogP contribution in [0.4, 0.5) is 0 Å². The minimum Gasteiger partial charge on any atom is -0.460 e. The van der Waals surface area contributed by atoms with Gasteiger partial charge in [0.25, 0.3) is 0 Å². The highest BCUT2D eigenvalue weighted by atomic mass is 16.6. The van der Waals surface area contributed by atoms with Crippen LogP contribution in [0.2, 0.25) is 0 Å². The van der Waals surface area contributed by atoms with Crippen LogP contribution in [-0.4, -0.2) is 23.3 Å². The van der Waals surface area contributed by atoms with E-state index in [0.717, 1.165) is 0 Å². The molecule has 1 aliphatic heterocycles.